The monoisotopic (exact) mass is 402 g/mol. The van der Waals surface area contributed by atoms with Crippen molar-refractivity contribution in [2.24, 2.45) is 34.5 Å². The van der Waals surface area contributed by atoms with Crippen LogP contribution in [0.15, 0.2) is 12.2 Å². The van der Waals surface area contributed by atoms with Crippen LogP contribution in [0.5, 0.6) is 0 Å². The Morgan fingerprint density at radius 2 is 2.00 bits per heavy atom. The van der Waals surface area contributed by atoms with E-state index in [1.54, 1.807) is 0 Å². The molecule has 0 bridgehead atoms. The number of nitrogens with zero attached hydrogens (tertiary/aromatic N) is 1. The van der Waals surface area contributed by atoms with Gasteiger partial charge in [-0.25, -0.2) is 4.79 Å². The molecule has 4 aliphatic rings. The van der Waals surface area contributed by atoms with Gasteiger partial charge >= 0.3 is 6.09 Å². The molecule has 162 valence electrons. The zero-order valence-electron chi connectivity index (χ0n) is 18.7. The largest absolute Gasteiger partial charge is 0.450 e. The Bertz CT molecular complexity index is 706. The topological polar surface area (TPSA) is 58.6 Å². The lowest BCUT2D eigenvalue weighted by atomic mass is 9.47. The number of rotatable bonds is 3. The van der Waals surface area contributed by atoms with Crippen molar-refractivity contribution in [2.75, 3.05) is 13.7 Å². The summed E-state index contributed by atoms with van der Waals surface area (Å²) in [4.78, 5) is 26.2. The molecule has 0 aromatic heterocycles. The van der Waals surface area contributed by atoms with E-state index >= 15 is 0 Å². The number of likely N-dealkylation sites (N-methyl/N-ethyl adjacent to an activating group) is 1. The Labute approximate surface area is 175 Å². The smallest absolute Gasteiger partial charge is 0.407 e. The highest BCUT2D eigenvalue weighted by atomic mass is 16.5. The van der Waals surface area contributed by atoms with Crippen LogP contribution < -0.4 is 5.32 Å². The molecule has 1 N–H and O–H groups in total. The number of amides is 2. The third-order valence-electron chi connectivity index (χ3n) is 9.43. The lowest BCUT2D eigenvalue weighted by molar-refractivity contribution is -0.139. The number of carbonyl (C=O) groups excluding carboxylic acids is 2. The Kier molecular flexibility index (Phi) is 5.23. The molecule has 2 amide bonds. The molecule has 0 aromatic carbocycles. The van der Waals surface area contributed by atoms with Crippen molar-refractivity contribution in [3.63, 3.8) is 0 Å². The molecule has 0 radical (unpaired) electrons. The lowest BCUT2D eigenvalue weighted by Crippen LogP contribution is -2.60. The average Bonchev–Trinajstić information content (AvgIpc) is 3.02. The fraction of sp³-hybridized carbons (Fsp3) is 0.833. The zero-order chi connectivity index (χ0) is 21.0. The fourth-order valence-corrected chi connectivity index (χ4v) is 8.06. The molecule has 3 aliphatic carbocycles. The molecule has 29 heavy (non-hydrogen) atoms. The summed E-state index contributed by atoms with van der Waals surface area (Å²) >= 11 is 0. The van der Waals surface area contributed by atoms with Crippen molar-refractivity contribution in [3.05, 3.63) is 12.2 Å². The van der Waals surface area contributed by atoms with Gasteiger partial charge in [0.1, 0.15) is 0 Å². The summed E-state index contributed by atoms with van der Waals surface area (Å²) in [5.74, 6) is 2.76. The number of nitrogens with one attached hydrogen (secondary N) is 1. The van der Waals surface area contributed by atoms with Gasteiger partial charge in [0.05, 0.1) is 6.61 Å². The van der Waals surface area contributed by atoms with Crippen LogP contribution in [0.3, 0.4) is 0 Å². The number of carbonyl (C=O) groups is 2. The average molecular weight is 403 g/mol. The summed E-state index contributed by atoms with van der Waals surface area (Å²) in [7, 11) is 1.98. The summed E-state index contributed by atoms with van der Waals surface area (Å²) in [5, 5.41) is 3.10. The van der Waals surface area contributed by atoms with E-state index in [-0.39, 0.29) is 28.9 Å². The molecule has 5 nitrogen and oxygen atoms in total. The van der Waals surface area contributed by atoms with E-state index in [0.717, 1.165) is 12.3 Å². The van der Waals surface area contributed by atoms with Crippen LogP contribution in [0.1, 0.15) is 66.2 Å². The summed E-state index contributed by atoms with van der Waals surface area (Å²) in [6, 6.07) is 0.484. The number of ether oxygens (including phenoxy) is 1. The Hall–Kier alpha value is -1.52. The highest BCUT2D eigenvalue weighted by molar-refractivity contribution is 5.89. The van der Waals surface area contributed by atoms with E-state index in [1.807, 2.05) is 24.9 Å². The first-order valence-electron chi connectivity index (χ1n) is 11.6. The van der Waals surface area contributed by atoms with E-state index in [9.17, 15) is 9.59 Å². The minimum atomic E-state index is -0.284. The minimum absolute atomic E-state index is 0.0970. The molecule has 0 spiro atoms. The van der Waals surface area contributed by atoms with E-state index < -0.39 is 0 Å². The first kappa shape index (κ1) is 20.7. The second-order valence-corrected chi connectivity index (χ2v) is 10.5. The maximum Gasteiger partial charge on any atom is 0.407 e. The highest BCUT2D eigenvalue weighted by Gasteiger charge is 2.61. The molecule has 8 atom stereocenters. The fourth-order valence-electron chi connectivity index (χ4n) is 8.06. The first-order chi connectivity index (χ1) is 13.7. The Morgan fingerprint density at radius 3 is 2.72 bits per heavy atom. The third kappa shape index (κ3) is 3.11. The van der Waals surface area contributed by atoms with Crippen LogP contribution in [-0.2, 0) is 9.53 Å². The van der Waals surface area contributed by atoms with Crippen molar-refractivity contribution in [2.45, 2.75) is 78.3 Å². The van der Waals surface area contributed by atoms with Gasteiger partial charge in [0, 0.05) is 24.5 Å². The molecule has 1 heterocycles. The maximum atomic E-state index is 12.2. The third-order valence-corrected chi connectivity index (χ3v) is 9.43. The standard InChI is InChI=1S/C24H38N2O3/c1-6-29-22(28)25-15(2)17-8-9-18-16-7-10-20-24(4,14-12-21(27)26(20)5)19(16)11-13-23(17,18)3/h12,14-20H,6-11,13H2,1-5H3,(H,25,28)/t15?,16-,17+,18-,19-,20+,23+,24+/m0/s1. The SMILES string of the molecule is CCOC(=O)NC(C)[C@H]1CC[C@H]2[C@@H]3CC[C@H]4N(C)C(=O)C=C[C@]4(C)[C@H]3CC[C@]12C. The first-order valence-corrected chi connectivity index (χ1v) is 11.6. The van der Waals surface area contributed by atoms with Crippen molar-refractivity contribution >= 4 is 12.0 Å². The van der Waals surface area contributed by atoms with Crippen LogP contribution >= 0.6 is 0 Å². The Balaban J connectivity index is 1.54. The maximum absolute atomic E-state index is 12.2. The second kappa shape index (κ2) is 7.31. The molecule has 1 aliphatic heterocycles. The quantitative estimate of drug-likeness (QED) is 0.762. The molecular weight excluding hydrogens is 364 g/mol. The second-order valence-electron chi connectivity index (χ2n) is 10.5. The summed E-state index contributed by atoms with van der Waals surface area (Å²) < 4.78 is 5.13. The lowest BCUT2D eigenvalue weighted by Gasteiger charge is -2.60. The summed E-state index contributed by atoms with van der Waals surface area (Å²) in [6.45, 7) is 9.30. The summed E-state index contributed by atoms with van der Waals surface area (Å²) in [6.07, 6.45) is 11.0. The molecule has 0 saturated heterocycles. The molecule has 5 heteroatoms. The van der Waals surface area contributed by atoms with Crippen molar-refractivity contribution in [1.29, 1.82) is 0 Å². The number of hydrogen-bond acceptors (Lipinski definition) is 3. The van der Waals surface area contributed by atoms with E-state index in [0.29, 0.717) is 30.4 Å². The molecule has 3 saturated carbocycles. The highest BCUT2D eigenvalue weighted by Crippen LogP contribution is 2.65. The Morgan fingerprint density at radius 1 is 1.24 bits per heavy atom. The zero-order valence-corrected chi connectivity index (χ0v) is 18.7. The van der Waals surface area contributed by atoms with E-state index in [1.165, 1.54) is 32.1 Å². The van der Waals surface area contributed by atoms with Gasteiger partial charge in [-0.15, -0.1) is 0 Å². The van der Waals surface area contributed by atoms with E-state index in [2.05, 4.69) is 32.2 Å². The van der Waals surface area contributed by atoms with Gasteiger partial charge in [0.15, 0.2) is 0 Å². The van der Waals surface area contributed by atoms with Gasteiger partial charge in [-0.05, 0) is 87.5 Å². The van der Waals surface area contributed by atoms with Gasteiger partial charge < -0.3 is 15.0 Å². The molecular formula is C24H38N2O3. The number of alkyl carbamates (subject to hydrolysis) is 1. The van der Waals surface area contributed by atoms with Crippen LogP contribution in [0.2, 0.25) is 0 Å². The van der Waals surface area contributed by atoms with Gasteiger partial charge in [0.2, 0.25) is 5.91 Å². The number of fused-ring (bicyclic) bond motifs is 5. The number of hydrogen-bond donors (Lipinski definition) is 1. The summed E-state index contributed by atoms with van der Waals surface area (Å²) in [5.41, 5.74) is 0.378. The van der Waals surface area contributed by atoms with E-state index in [4.69, 9.17) is 4.74 Å². The predicted octanol–water partition coefficient (Wildman–Crippen LogP) is 4.38. The minimum Gasteiger partial charge on any atom is -0.450 e. The van der Waals surface area contributed by atoms with Gasteiger partial charge in [-0.1, -0.05) is 19.9 Å². The van der Waals surface area contributed by atoms with Crippen molar-refractivity contribution in [3.8, 4) is 0 Å². The van der Waals surface area contributed by atoms with Crippen LogP contribution in [-0.4, -0.2) is 42.6 Å². The van der Waals surface area contributed by atoms with Crippen molar-refractivity contribution < 1.29 is 14.3 Å². The van der Waals surface area contributed by atoms with Crippen LogP contribution in [0.4, 0.5) is 4.79 Å². The van der Waals surface area contributed by atoms with Crippen LogP contribution in [0, 0.1) is 34.5 Å². The molecule has 4 rings (SSSR count). The molecule has 1 unspecified atom stereocenters. The van der Waals surface area contributed by atoms with Crippen LogP contribution in [0.25, 0.3) is 0 Å². The van der Waals surface area contributed by atoms with Crippen molar-refractivity contribution in [1.82, 2.24) is 10.2 Å². The van der Waals surface area contributed by atoms with Gasteiger partial charge in [-0.3, -0.25) is 4.79 Å². The molecule has 0 aromatic rings. The normalized spacial score (nSPS) is 44.5. The molecule has 3 fully saturated rings. The van der Waals surface area contributed by atoms with Gasteiger partial charge in [0.25, 0.3) is 0 Å². The predicted molar refractivity (Wildman–Crippen MR) is 113 cm³/mol. The van der Waals surface area contributed by atoms with Gasteiger partial charge in [-0.2, -0.15) is 0 Å².